The van der Waals surface area contributed by atoms with Gasteiger partial charge in [0, 0.05) is 11.6 Å². The second-order valence-electron chi connectivity index (χ2n) is 6.12. The summed E-state index contributed by atoms with van der Waals surface area (Å²) >= 11 is 0. The number of ether oxygens (including phenoxy) is 1. The highest BCUT2D eigenvalue weighted by Crippen LogP contribution is 2.35. The Morgan fingerprint density at radius 2 is 1.89 bits per heavy atom. The Balaban J connectivity index is 3.40. The number of aryl methyl sites for hydroxylation is 1. The first kappa shape index (κ1) is 15.0. The molecule has 2 N–H and O–H groups in total. The van der Waals surface area contributed by atoms with Crippen molar-refractivity contribution in [3.8, 4) is 5.75 Å². The predicted molar refractivity (Wildman–Crippen MR) is 78.4 cm³/mol. The van der Waals surface area contributed by atoms with Crippen LogP contribution in [0.1, 0.15) is 51.3 Å². The summed E-state index contributed by atoms with van der Waals surface area (Å²) in [6.07, 6.45) is 1.90. The zero-order valence-corrected chi connectivity index (χ0v) is 12.6. The average molecular weight is 249 g/mol. The summed E-state index contributed by atoms with van der Waals surface area (Å²) in [7, 11) is 1.75. The maximum atomic E-state index is 5.94. The molecule has 0 spiro atoms. The van der Waals surface area contributed by atoms with E-state index < -0.39 is 0 Å². The molecule has 1 unspecified atom stereocenters. The van der Waals surface area contributed by atoms with Crippen LogP contribution < -0.4 is 10.5 Å². The third kappa shape index (κ3) is 3.49. The zero-order valence-electron chi connectivity index (χ0n) is 12.6. The minimum absolute atomic E-state index is 0.0864. The summed E-state index contributed by atoms with van der Waals surface area (Å²) in [5.74, 6) is 1.01. The van der Waals surface area contributed by atoms with Gasteiger partial charge in [-0.05, 0) is 36.3 Å². The molecule has 1 atom stereocenters. The van der Waals surface area contributed by atoms with Gasteiger partial charge in [-0.2, -0.15) is 0 Å². The van der Waals surface area contributed by atoms with E-state index in [1.165, 1.54) is 16.7 Å². The fraction of sp³-hybridized carbons (Fsp3) is 0.625. The molecule has 0 aliphatic rings. The first-order chi connectivity index (χ1) is 8.29. The maximum Gasteiger partial charge on any atom is 0.125 e. The van der Waals surface area contributed by atoms with Crippen LogP contribution in [0.15, 0.2) is 12.1 Å². The van der Waals surface area contributed by atoms with E-state index in [0.717, 1.165) is 18.6 Å². The molecule has 1 aromatic rings. The van der Waals surface area contributed by atoms with E-state index in [0.29, 0.717) is 0 Å². The second-order valence-corrected chi connectivity index (χ2v) is 6.12. The molecule has 0 fully saturated rings. The van der Waals surface area contributed by atoms with Crippen LogP contribution >= 0.6 is 0 Å². The van der Waals surface area contributed by atoms with Gasteiger partial charge in [0.05, 0.1) is 7.11 Å². The Kier molecular flexibility index (Phi) is 4.80. The molecular formula is C16H27NO. The smallest absolute Gasteiger partial charge is 0.125 e. The van der Waals surface area contributed by atoms with Gasteiger partial charge < -0.3 is 10.5 Å². The molecule has 102 valence electrons. The molecule has 0 bridgehead atoms. The van der Waals surface area contributed by atoms with E-state index in [1.807, 2.05) is 6.92 Å². The normalized spacial score (nSPS) is 13.5. The molecule has 0 aromatic heterocycles. The van der Waals surface area contributed by atoms with Crippen LogP contribution in [0.5, 0.6) is 5.75 Å². The van der Waals surface area contributed by atoms with Crippen molar-refractivity contribution in [2.24, 2.45) is 5.73 Å². The molecule has 0 radical (unpaired) electrons. The van der Waals surface area contributed by atoms with Gasteiger partial charge in [-0.15, -0.1) is 0 Å². The Hall–Kier alpha value is -1.02. The third-order valence-corrected chi connectivity index (χ3v) is 3.19. The molecule has 0 amide bonds. The number of benzene rings is 1. The maximum absolute atomic E-state index is 5.94. The SMILES string of the molecule is CCc1cc(CC(C)N)c(OC)c(C(C)(C)C)c1. The minimum Gasteiger partial charge on any atom is -0.496 e. The number of nitrogens with two attached hydrogens (primary N) is 1. The van der Waals surface area contributed by atoms with Crippen molar-refractivity contribution < 1.29 is 4.74 Å². The Morgan fingerprint density at radius 3 is 2.28 bits per heavy atom. The van der Waals surface area contributed by atoms with Gasteiger partial charge in [0.2, 0.25) is 0 Å². The van der Waals surface area contributed by atoms with E-state index in [-0.39, 0.29) is 11.5 Å². The highest BCUT2D eigenvalue weighted by Gasteiger charge is 2.22. The van der Waals surface area contributed by atoms with E-state index in [9.17, 15) is 0 Å². The molecule has 0 saturated heterocycles. The van der Waals surface area contributed by atoms with Crippen molar-refractivity contribution >= 4 is 0 Å². The summed E-state index contributed by atoms with van der Waals surface area (Å²) in [4.78, 5) is 0. The van der Waals surface area contributed by atoms with E-state index in [1.54, 1.807) is 7.11 Å². The molecule has 2 nitrogen and oxygen atoms in total. The Bertz CT molecular complexity index is 402. The van der Waals surface area contributed by atoms with Gasteiger partial charge >= 0.3 is 0 Å². The van der Waals surface area contributed by atoms with Gasteiger partial charge in [-0.1, -0.05) is 39.8 Å². The van der Waals surface area contributed by atoms with Crippen molar-refractivity contribution in [2.75, 3.05) is 7.11 Å². The number of hydrogen-bond acceptors (Lipinski definition) is 2. The van der Waals surface area contributed by atoms with Crippen LogP contribution in [0, 0.1) is 0 Å². The van der Waals surface area contributed by atoms with E-state index in [2.05, 4.69) is 39.8 Å². The van der Waals surface area contributed by atoms with Crippen LogP contribution in [-0.4, -0.2) is 13.2 Å². The largest absolute Gasteiger partial charge is 0.496 e. The lowest BCUT2D eigenvalue weighted by Crippen LogP contribution is -2.20. The lowest BCUT2D eigenvalue weighted by atomic mass is 9.83. The zero-order chi connectivity index (χ0) is 13.9. The molecular weight excluding hydrogens is 222 g/mol. The first-order valence-corrected chi connectivity index (χ1v) is 6.75. The van der Waals surface area contributed by atoms with Crippen molar-refractivity contribution in [3.63, 3.8) is 0 Å². The molecule has 1 rings (SSSR count). The van der Waals surface area contributed by atoms with Crippen LogP contribution in [0.2, 0.25) is 0 Å². The third-order valence-electron chi connectivity index (χ3n) is 3.19. The fourth-order valence-electron chi connectivity index (χ4n) is 2.26. The van der Waals surface area contributed by atoms with Crippen LogP contribution in [0.3, 0.4) is 0 Å². The predicted octanol–water partition coefficient (Wildman–Crippen LogP) is 3.44. The van der Waals surface area contributed by atoms with Crippen LogP contribution in [-0.2, 0) is 18.3 Å². The van der Waals surface area contributed by atoms with Gasteiger partial charge in [0.25, 0.3) is 0 Å². The molecule has 0 aliphatic heterocycles. The van der Waals surface area contributed by atoms with Gasteiger partial charge in [-0.3, -0.25) is 0 Å². The van der Waals surface area contributed by atoms with E-state index >= 15 is 0 Å². The summed E-state index contributed by atoms with van der Waals surface area (Å²) in [5.41, 5.74) is 9.90. The summed E-state index contributed by atoms with van der Waals surface area (Å²) in [6, 6.07) is 4.65. The van der Waals surface area contributed by atoms with Gasteiger partial charge in [-0.25, -0.2) is 0 Å². The lowest BCUT2D eigenvalue weighted by molar-refractivity contribution is 0.391. The lowest BCUT2D eigenvalue weighted by Gasteiger charge is -2.25. The number of methoxy groups -OCH3 is 1. The molecule has 18 heavy (non-hydrogen) atoms. The first-order valence-electron chi connectivity index (χ1n) is 6.75. The monoisotopic (exact) mass is 249 g/mol. The number of rotatable bonds is 4. The highest BCUT2D eigenvalue weighted by atomic mass is 16.5. The Morgan fingerprint density at radius 1 is 1.28 bits per heavy atom. The van der Waals surface area contributed by atoms with Crippen molar-refractivity contribution in [1.29, 1.82) is 0 Å². The fourth-order valence-corrected chi connectivity index (χ4v) is 2.26. The summed E-state index contributed by atoms with van der Waals surface area (Å²) in [6.45, 7) is 10.9. The van der Waals surface area contributed by atoms with Gasteiger partial charge in [0.1, 0.15) is 5.75 Å². The average Bonchev–Trinajstić information content (AvgIpc) is 2.25. The Labute approximate surface area is 112 Å². The molecule has 0 aliphatic carbocycles. The number of hydrogen-bond donors (Lipinski definition) is 1. The molecule has 2 heteroatoms. The summed E-state index contributed by atoms with van der Waals surface area (Å²) in [5, 5.41) is 0. The van der Waals surface area contributed by atoms with E-state index in [4.69, 9.17) is 10.5 Å². The summed E-state index contributed by atoms with van der Waals surface area (Å²) < 4.78 is 5.65. The second kappa shape index (κ2) is 5.75. The van der Waals surface area contributed by atoms with Crippen molar-refractivity contribution in [2.45, 2.75) is 58.9 Å². The quantitative estimate of drug-likeness (QED) is 0.887. The van der Waals surface area contributed by atoms with Gasteiger partial charge in [0.15, 0.2) is 0 Å². The standard InChI is InChI=1S/C16H27NO/c1-7-12-9-13(8-11(2)17)15(18-6)14(10-12)16(3,4)5/h9-11H,7-8,17H2,1-6H3. The molecule has 0 heterocycles. The molecule has 0 saturated carbocycles. The molecule has 1 aromatic carbocycles. The minimum atomic E-state index is 0.0864. The van der Waals surface area contributed by atoms with Crippen LogP contribution in [0.4, 0.5) is 0 Å². The van der Waals surface area contributed by atoms with Crippen molar-refractivity contribution in [1.82, 2.24) is 0 Å². The topological polar surface area (TPSA) is 35.2 Å². The highest BCUT2D eigenvalue weighted by molar-refractivity contribution is 5.48. The van der Waals surface area contributed by atoms with Crippen LogP contribution in [0.25, 0.3) is 0 Å². The van der Waals surface area contributed by atoms with Crippen molar-refractivity contribution in [3.05, 3.63) is 28.8 Å².